The number of benzene rings is 2. The Labute approximate surface area is 129 Å². The Morgan fingerprint density at radius 3 is 2.76 bits per heavy atom. The molecule has 0 aliphatic heterocycles. The van der Waals surface area contributed by atoms with Crippen molar-refractivity contribution < 1.29 is 4.39 Å². The largest absolute Gasteiger partial charge is 0.368 e. The minimum atomic E-state index is -0.338. The molecule has 3 rings (SSSR count). The number of rotatable bonds is 2. The second-order valence-electron chi connectivity index (χ2n) is 4.65. The summed E-state index contributed by atoms with van der Waals surface area (Å²) < 4.78 is 14.1. The van der Waals surface area contributed by atoms with E-state index in [1.165, 1.54) is 6.07 Å². The number of nitrogens with one attached hydrogen (secondary N) is 1. The lowest BCUT2D eigenvalue weighted by Gasteiger charge is -2.12. The summed E-state index contributed by atoms with van der Waals surface area (Å²) in [5.41, 5.74) is 8.00. The maximum absolute atomic E-state index is 13.7. The smallest absolute Gasteiger partial charge is 0.222 e. The van der Waals surface area contributed by atoms with Crippen LogP contribution >= 0.6 is 15.9 Å². The summed E-state index contributed by atoms with van der Waals surface area (Å²) in [5, 5.41) is 3.96. The van der Waals surface area contributed by atoms with Crippen LogP contribution in [-0.4, -0.2) is 9.97 Å². The second-order valence-corrected chi connectivity index (χ2v) is 5.51. The molecule has 0 unspecified atom stereocenters. The van der Waals surface area contributed by atoms with Gasteiger partial charge in [-0.15, -0.1) is 0 Å². The van der Waals surface area contributed by atoms with Crippen LogP contribution in [0.4, 0.5) is 21.8 Å². The van der Waals surface area contributed by atoms with Gasteiger partial charge in [-0.2, -0.15) is 4.98 Å². The molecule has 0 radical (unpaired) electrons. The van der Waals surface area contributed by atoms with Crippen molar-refractivity contribution >= 4 is 44.3 Å². The SMILES string of the molecule is Cc1cc(Br)c(F)cc1Nc1nc(N)nc2ccccc12. The van der Waals surface area contributed by atoms with Crippen molar-refractivity contribution in [2.45, 2.75) is 6.92 Å². The van der Waals surface area contributed by atoms with Gasteiger partial charge in [0.15, 0.2) is 0 Å². The molecule has 0 saturated heterocycles. The van der Waals surface area contributed by atoms with E-state index in [0.29, 0.717) is 16.0 Å². The Balaban J connectivity index is 2.12. The van der Waals surface area contributed by atoms with Crippen LogP contribution in [0.5, 0.6) is 0 Å². The fourth-order valence-electron chi connectivity index (χ4n) is 2.10. The van der Waals surface area contributed by atoms with Gasteiger partial charge in [-0.25, -0.2) is 9.37 Å². The highest BCUT2D eigenvalue weighted by atomic mass is 79.9. The number of hydrogen-bond acceptors (Lipinski definition) is 4. The van der Waals surface area contributed by atoms with E-state index in [0.717, 1.165) is 16.5 Å². The maximum atomic E-state index is 13.7. The first-order chi connectivity index (χ1) is 10.0. The summed E-state index contributed by atoms with van der Waals surface area (Å²) in [4.78, 5) is 8.39. The van der Waals surface area contributed by atoms with Crippen LogP contribution in [0.25, 0.3) is 10.9 Å². The zero-order valence-corrected chi connectivity index (χ0v) is 12.8. The summed E-state index contributed by atoms with van der Waals surface area (Å²) in [6, 6.07) is 10.7. The highest BCUT2D eigenvalue weighted by Gasteiger charge is 2.10. The Bertz CT molecular complexity index is 835. The molecule has 0 saturated carbocycles. The number of fused-ring (bicyclic) bond motifs is 1. The first-order valence-corrected chi connectivity index (χ1v) is 7.09. The van der Waals surface area contributed by atoms with Gasteiger partial charge in [0.25, 0.3) is 0 Å². The van der Waals surface area contributed by atoms with Crippen molar-refractivity contribution in [1.82, 2.24) is 9.97 Å². The Morgan fingerprint density at radius 1 is 1.19 bits per heavy atom. The van der Waals surface area contributed by atoms with Gasteiger partial charge in [-0.05, 0) is 52.7 Å². The molecule has 106 valence electrons. The molecule has 1 aromatic heterocycles. The first kappa shape index (κ1) is 13.8. The van der Waals surface area contributed by atoms with Gasteiger partial charge >= 0.3 is 0 Å². The molecule has 1 heterocycles. The molecule has 0 aliphatic carbocycles. The predicted octanol–water partition coefficient (Wildman–Crippen LogP) is 4.17. The van der Waals surface area contributed by atoms with Gasteiger partial charge < -0.3 is 11.1 Å². The summed E-state index contributed by atoms with van der Waals surface area (Å²) in [6.07, 6.45) is 0. The molecule has 0 spiro atoms. The number of aromatic nitrogens is 2. The number of nitrogen functional groups attached to an aromatic ring is 1. The molecule has 0 fully saturated rings. The normalized spacial score (nSPS) is 10.8. The molecule has 0 aliphatic rings. The van der Waals surface area contributed by atoms with Gasteiger partial charge in [-0.1, -0.05) is 12.1 Å². The Kier molecular flexibility index (Phi) is 3.47. The third-order valence-corrected chi connectivity index (χ3v) is 3.75. The highest BCUT2D eigenvalue weighted by Crippen LogP contribution is 2.29. The molecule has 0 atom stereocenters. The lowest BCUT2D eigenvalue weighted by atomic mass is 10.2. The topological polar surface area (TPSA) is 63.8 Å². The van der Waals surface area contributed by atoms with Gasteiger partial charge in [0, 0.05) is 11.1 Å². The van der Waals surface area contributed by atoms with Crippen molar-refractivity contribution in [3.8, 4) is 0 Å². The molecule has 4 nitrogen and oxygen atoms in total. The van der Waals surface area contributed by atoms with Crippen molar-refractivity contribution in [1.29, 1.82) is 0 Å². The molecular formula is C15H12BrFN4. The molecule has 3 N–H and O–H groups in total. The number of aryl methyl sites for hydroxylation is 1. The van der Waals surface area contributed by atoms with Crippen molar-refractivity contribution in [3.05, 3.63) is 52.3 Å². The van der Waals surface area contributed by atoms with Gasteiger partial charge in [-0.3, -0.25) is 0 Å². The van der Waals surface area contributed by atoms with Gasteiger partial charge in [0.1, 0.15) is 11.6 Å². The first-order valence-electron chi connectivity index (χ1n) is 6.29. The second kappa shape index (κ2) is 5.29. The number of halogens is 2. The number of anilines is 3. The highest BCUT2D eigenvalue weighted by molar-refractivity contribution is 9.10. The predicted molar refractivity (Wildman–Crippen MR) is 86.1 cm³/mol. The van der Waals surface area contributed by atoms with Gasteiger partial charge in [0.05, 0.1) is 9.99 Å². The number of nitrogens with zero attached hydrogens (tertiary/aromatic N) is 2. The van der Waals surface area contributed by atoms with Gasteiger partial charge in [0.2, 0.25) is 5.95 Å². The lowest BCUT2D eigenvalue weighted by molar-refractivity contribution is 0.621. The third-order valence-electron chi connectivity index (χ3n) is 3.14. The fourth-order valence-corrected chi connectivity index (χ4v) is 2.56. The fraction of sp³-hybridized carbons (Fsp3) is 0.0667. The van der Waals surface area contributed by atoms with E-state index in [-0.39, 0.29) is 11.8 Å². The van der Waals surface area contributed by atoms with E-state index in [1.54, 1.807) is 6.07 Å². The third kappa shape index (κ3) is 2.67. The van der Waals surface area contributed by atoms with Crippen LogP contribution in [0.15, 0.2) is 40.9 Å². The average Bonchev–Trinajstić information content (AvgIpc) is 2.44. The Morgan fingerprint density at radius 2 is 1.95 bits per heavy atom. The van der Waals surface area contributed by atoms with Crippen LogP contribution in [0.3, 0.4) is 0 Å². The van der Waals surface area contributed by atoms with Crippen molar-refractivity contribution in [2.75, 3.05) is 11.1 Å². The monoisotopic (exact) mass is 346 g/mol. The molecule has 0 bridgehead atoms. The number of hydrogen-bond donors (Lipinski definition) is 2. The minimum absolute atomic E-state index is 0.173. The van der Waals surface area contributed by atoms with Crippen LogP contribution in [-0.2, 0) is 0 Å². The van der Waals surface area contributed by atoms with Crippen LogP contribution in [0.1, 0.15) is 5.56 Å². The van der Waals surface area contributed by atoms with Crippen LogP contribution in [0, 0.1) is 12.7 Å². The molecule has 6 heteroatoms. The number of nitrogens with two attached hydrogens (primary N) is 1. The summed E-state index contributed by atoms with van der Waals surface area (Å²) in [5.74, 6) is 0.392. The lowest BCUT2D eigenvalue weighted by Crippen LogP contribution is -2.02. The van der Waals surface area contributed by atoms with E-state index in [2.05, 4.69) is 31.2 Å². The Hall–Kier alpha value is -2.21. The van der Waals surface area contributed by atoms with Crippen LogP contribution in [0.2, 0.25) is 0 Å². The van der Waals surface area contributed by atoms with Crippen LogP contribution < -0.4 is 11.1 Å². The zero-order chi connectivity index (χ0) is 15.0. The summed E-state index contributed by atoms with van der Waals surface area (Å²) in [7, 11) is 0. The molecule has 2 aromatic carbocycles. The maximum Gasteiger partial charge on any atom is 0.222 e. The minimum Gasteiger partial charge on any atom is -0.368 e. The van der Waals surface area contributed by atoms with E-state index >= 15 is 0 Å². The van der Waals surface area contributed by atoms with E-state index in [9.17, 15) is 4.39 Å². The number of para-hydroxylation sites is 1. The van der Waals surface area contributed by atoms with E-state index < -0.39 is 0 Å². The zero-order valence-electron chi connectivity index (χ0n) is 11.2. The summed E-state index contributed by atoms with van der Waals surface area (Å²) >= 11 is 3.17. The molecule has 21 heavy (non-hydrogen) atoms. The molecule has 0 amide bonds. The summed E-state index contributed by atoms with van der Waals surface area (Å²) in [6.45, 7) is 1.89. The van der Waals surface area contributed by atoms with E-state index in [4.69, 9.17) is 5.73 Å². The van der Waals surface area contributed by atoms with Crippen molar-refractivity contribution in [3.63, 3.8) is 0 Å². The quantitative estimate of drug-likeness (QED) is 0.731. The molecular weight excluding hydrogens is 335 g/mol. The molecule has 3 aromatic rings. The van der Waals surface area contributed by atoms with Crippen molar-refractivity contribution in [2.24, 2.45) is 0 Å². The van der Waals surface area contributed by atoms with E-state index in [1.807, 2.05) is 31.2 Å². The standard InChI is InChI=1S/C15H12BrFN4/c1-8-6-10(16)11(17)7-13(8)19-14-9-4-2-3-5-12(9)20-15(18)21-14/h2-7H,1H3,(H3,18,19,20,21). The average molecular weight is 347 g/mol.